The van der Waals surface area contributed by atoms with Crippen LogP contribution in [0.2, 0.25) is 0 Å². The lowest BCUT2D eigenvalue weighted by atomic mass is 9.88. The monoisotopic (exact) mass is 442 g/mol. The Morgan fingerprint density at radius 1 is 0.697 bits per heavy atom. The van der Waals surface area contributed by atoms with Crippen LogP contribution in [0.1, 0.15) is 60.1 Å². The fourth-order valence-corrected chi connectivity index (χ4v) is 6.11. The van der Waals surface area contributed by atoms with Gasteiger partial charge in [0, 0.05) is 24.0 Å². The van der Waals surface area contributed by atoms with Crippen LogP contribution in [0.15, 0.2) is 72.2 Å². The number of hydrogen-bond donors (Lipinski definition) is 0. The van der Waals surface area contributed by atoms with Crippen LogP contribution < -0.4 is 0 Å². The Balaban J connectivity index is 1.18. The molecule has 0 radical (unpaired) electrons. The van der Waals surface area contributed by atoms with Crippen molar-refractivity contribution < 1.29 is 23.7 Å². The highest BCUT2D eigenvalue weighted by Gasteiger charge is 2.60. The molecule has 2 aliphatic carbocycles. The van der Waals surface area contributed by atoms with Gasteiger partial charge in [-0.3, -0.25) is 0 Å². The lowest BCUT2D eigenvalue weighted by molar-refractivity contribution is -0.0436. The zero-order chi connectivity index (χ0) is 21.6. The Kier molecular flexibility index (Phi) is 3.70. The Morgan fingerprint density at radius 2 is 1.15 bits per heavy atom. The third-order valence-corrected chi connectivity index (χ3v) is 8.02. The zero-order valence-corrected chi connectivity index (χ0v) is 18.4. The summed E-state index contributed by atoms with van der Waals surface area (Å²) in [6, 6.07) is 17.2. The number of allylic oxidation sites excluding steroid dienone is 2. The summed E-state index contributed by atoms with van der Waals surface area (Å²) in [4.78, 5) is 0. The molecule has 0 amide bonds. The van der Waals surface area contributed by atoms with Crippen molar-refractivity contribution in [1.82, 2.24) is 0 Å². The number of rotatable bonds is 8. The van der Waals surface area contributed by atoms with Gasteiger partial charge in [0.2, 0.25) is 0 Å². The average Bonchev–Trinajstić information content (AvgIpc) is 3.71. The standard InChI is InChI=1S/C28H26O5/c1-3-9-19(27-13-5-11-23(27)32-27)17(7-1)25(21-15-29-21)31-26(22-16-30-22)18-8-2-4-10-20(18)28-14-6-12-24(28)33-28/h1-4,7-12,21-22,25-26H,5-6,13-16H2. The van der Waals surface area contributed by atoms with E-state index in [1.165, 1.54) is 22.3 Å². The molecule has 8 rings (SSSR count). The van der Waals surface area contributed by atoms with Crippen LogP contribution in [0, 0.1) is 0 Å². The van der Waals surface area contributed by atoms with Gasteiger partial charge in [-0.25, -0.2) is 0 Å². The molecule has 0 saturated carbocycles. The molecule has 4 heterocycles. The topological polar surface area (TPSA) is 59.4 Å². The highest BCUT2D eigenvalue weighted by atomic mass is 16.6. The number of epoxide rings is 4. The molecule has 0 N–H and O–H groups in total. The van der Waals surface area contributed by atoms with Crippen LogP contribution >= 0.6 is 0 Å². The van der Waals surface area contributed by atoms with Crippen LogP contribution in [-0.2, 0) is 34.9 Å². The van der Waals surface area contributed by atoms with Gasteiger partial charge in [-0.15, -0.1) is 0 Å². The van der Waals surface area contributed by atoms with Gasteiger partial charge in [0.15, 0.2) is 11.2 Å². The molecule has 168 valence electrons. The maximum atomic E-state index is 7.00. The molecule has 6 unspecified atom stereocenters. The SMILES string of the molecule is C1=C2OC2(c2ccccc2C(OC(c2ccccc2C23CCC=C2O3)C2CO2)C2CO2)CC1. The maximum absolute atomic E-state index is 7.00. The highest BCUT2D eigenvalue weighted by Crippen LogP contribution is 2.61. The van der Waals surface area contributed by atoms with E-state index in [1.54, 1.807) is 0 Å². The summed E-state index contributed by atoms with van der Waals surface area (Å²) >= 11 is 0. The molecule has 4 aliphatic heterocycles. The van der Waals surface area contributed by atoms with E-state index in [-0.39, 0.29) is 35.6 Å². The van der Waals surface area contributed by atoms with Crippen molar-refractivity contribution in [2.75, 3.05) is 13.2 Å². The number of benzene rings is 2. The van der Waals surface area contributed by atoms with Gasteiger partial charge in [-0.05, 0) is 36.1 Å². The second-order valence-electron chi connectivity index (χ2n) is 9.97. The highest BCUT2D eigenvalue weighted by molar-refractivity contribution is 5.49. The predicted molar refractivity (Wildman–Crippen MR) is 119 cm³/mol. The van der Waals surface area contributed by atoms with E-state index in [9.17, 15) is 0 Å². The first-order valence-corrected chi connectivity index (χ1v) is 12.2. The van der Waals surface area contributed by atoms with E-state index < -0.39 is 0 Å². The minimum atomic E-state index is -0.249. The summed E-state index contributed by atoms with van der Waals surface area (Å²) in [6.07, 6.45) is 8.37. The van der Waals surface area contributed by atoms with Crippen molar-refractivity contribution in [3.63, 3.8) is 0 Å². The third kappa shape index (κ3) is 2.76. The molecule has 0 aromatic heterocycles. The zero-order valence-electron chi connectivity index (χ0n) is 18.4. The van der Waals surface area contributed by atoms with Crippen molar-refractivity contribution in [1.29, 1.82) is 0 Å². The first kappa shape index (κ1) is 18.8. The molecule has 6 aliphatic rings. The largest absolute Gasteiger partial charge is 0.475 e. The molecule has 0 bridgehead atoms. The lowest BCUT2D eigenvalue weighted by Gasteiger charge is -2.28. The quantitative estimate of drug-likeness (QED) is 0.533. The van der Waals surface area contributed by atoms with E-state index in [4.69, 9.17) is 23.7 Å². The van der Waals surface area contributed by atoms with Crippen LogP contribution in [0.25, 0.3) is 0 Å². The third-order valence-electron chi connectivity index (χ3n) is 8.02. The number of ether oxygens (including phenoxy) is 5. The summed E-state index contributed by atoms with van der Waals surface area (Å²) in [7, 11) is 0. The van der Waals surface area contributed by atoms with Gasteiger partial charge in [0.05, 0.1) is 13.2 Å². The van der Waals surface area contributed by atoms with E-state index in [1.807, 2.05) is 0 Å². The maximum Gasteiger partial charge on any atom is 0.190 e. The van der Waals surface area contributed by atoms with E-state index in [2.05, 4.69) is 60.7 Å². The predicted octanol–water partition coefficient (Wildman–Crippen LogP) is 5.09. The summed E-state index contributed by atoms with van der Waals surface area (Å²) in [5, 5.41) is 0. The van der Waals surface area contributed by atoms with Gasteiger partial charge in [-0.2, -0.15) is 0 Å². The van der Waals surface area contributed by atoms with Gasteiger partial charge >= 0.3 is 0 Å². The lowest BCUT2D eigenvalue weighted by Crippen LogP contribution is -2.24. The van der Waals surface area contributed by atoms with Gasteiger partial charge in [-0.1, -0.05) is 48.5 Å². The fraction of sp³-hybridized carbons (Fsp3) is 0.429. The van der Waals surface area contributed by atoms with Gasteiger partial charge in [0.25, 0.3) is 0 Å². The van der Waals surface area contributed by atoms with Crippen molar-refractivity contribution in [3.05, 3.63) is 94.5 Å². The molecule has 2 aromatic rings. The smallest absolute Gasteiger partial charge is 0.190 e. The van der Waals surface area contributed by atoms with Gasteiger partial charge < -0.3 is 23.7 Å². The summed E-state index contributed by atoms with van der Waals surface area (Å²) < 4.78 is 30.8. The van der Waals surface area contributed by atoms with Crippen LogP contribution in [0.3, 0.4) is 0 Å². The van der Waals surface area contributed by atoms with Crippen molar-refractivity contribution in [2.24, 2.45) is 0 Å². The molecule has 4 saturated heterocycles. The van der Waals surface area contributed by atoms with Crippen LogP contribution in [0.4, 0.5) is 0 Å². The van der Waals surface area contributed by atoms with Crippen molar-refractivity contribution >= 4 is 0 Å². The summed E-state index contributed by atoms with van der Waals surface area (Å²) in [6.45, 7) is 1.44. The first-order valence-electron chi connectivity index (χ1n) is 12.2. The Hall–Kier alpha value is -2.60. The molecule has 33 heavy (non-hydrogen) atoms. The molecule has 6 atom stereocenters. The van der Waals surface area contributed by atoms with Crippen LogP contribution in [-0.4, -0.2) is 25.4 Å². The Morgan fingerprint density at radius 3 is 1.52 bits per heavy atom. The molecular formula is C28H26O5. The molecule has 2 aromatic carbocycles. The molecule has 4 fully saturated rings. The molecule has 5 nitrogen and oxygen atoms in total. The van der Waals surface area contributed by atoms with Crippen molar-refractivity contribution in [2.45, 2.75) is 61.3 Å². The Labute approximate surface area is 192 Å². The van der Waals surface area contributed by atoms with E-state index >= 15 is 0 Å². The number of hydrogen-bond acceptors (Lipinski definition) is 5. The summed E-state index contributed by atoms with van der Waals surface area (Å²) in [5.41, 5.74) is 4.31. The minimum Gasteiger partial charge on any atom is -0.475 e. The summed E-state index contributed by atoms with van der Waals surface area (Å²) in [5.74, 6) is 2.23. The van der Waals surface area contributed by atoms with E-state index in [0.717, 1.165) is 50.4 Å². The fourth-order valence-electron chi connectivity index (χ4n) is 6.11. The molecule has 0 spiro atoms. The minimum absolute atomic E-state index is 0.0563. The van der Waals surface area contributed by atoms with E-state index in [0.29, 0.717) is 0 Å². The van der Waals surface area contributed by atoms with Crippen LogP contribution in [0.5, 0.6) is 0 Å². The van der Waals surface area contributed by atoms with Crippen molar-refractivity contribution in [3.8, 4) is 0 Å². The second-order valence-corrected chi connectivity index (χ2v) is 9.97. The molecule has 5 heteroatoms. The number of fused-ring (bicyclic) bond motifs is 2. The molecular weight excluding hydrogens is 416 g/mol. The second kappa shape index (κ2) is 6.50. The van der Waals surface area contributed by atoms with Gasteiger partial charge in [0.1, 0.15) is 35.9 Å². The Bertz CT molecular complexity index is 1110. The average molecular weight is 443 g/mol. The normalized spacial score (nSPS) is 35.9. The first-order chi connectivity index (χ1) is 16.3.